The molecule has 6 heteroatoms. The minimum Gasteiger partial charge on any atom is -0.382 e. The van der Waals surface area contributed by atoms with Gasteiger partial charge in [-0.3, -0.25) is 0 Å². The van der Waals surface area contributed by atoms with E-state index in [0.29, 0.717) is 5.69 Å². The van der Waals surface area contributed by atoms with Gasteiger partial charge in [0.25, 0.3) is 0 Å². The summed E-state index contributed by atoms with van der Waals surface area (Å²) in [6, 6.07) is 5.62. The third-order valence-corrected chi connectivity index (χ3v) is 3.59. The topological polar surface area (TPSA) is 61.8 Å². The second-order valence-corrected chi connectivity index (χ2v) is 5.13. The SMILES string of the molecule is N#Cc1cc(NC2CCC(N)CC2)ccc1C(F)(F)F. The minimum absolute atomic E-state index is 0.207. The predicted molar refractivity (Wildman–Crippen MR) is 70.0 cm³/mol. The number of nitrogens with one attached hydrogen (secondary N) is 1. The van der Waals surface area contributed by atoms with Gasteiger partial charge in [-0.1, -0.05) is 0 Å². The minimum atomic E-state index is -4.50. The van der Waals surface area contributed by atoms with Gasteiger partial charge >= 0.3 is 6.18 Å². The van der Waals surface area contributed by atoms with Crippen molar-refractivity contribution in [2.24, 2.45) is 5.73 Å². The van der Waals surface area contributed by atoms with Crippen LogP contribution in [-0.4, -0.2) is 12.1 Å². The molecule has 1 aromatic rings. The van der Waals surface area contributed by atoms with Gasteiger partial charge in [-0.15, -0.1) is 0 Å². The molecule has 0 bridgehead atoms. The van der Waals surface area contributed by atoms with Crippen LogP contribution in [0.3, 0.4) is 0 Å². The van der Waals surface area contributed by atoms with E-state index in [9.17, 15) is 13.2 Å². The van der Waals surface area contributed by atoms with Crippen LogP contribution in [0.25, 0.3) is 0 Å². The van der Waals surface area contributed by atoms with Crippen LogP contribution >= 0.6 is 0 Å². The molecule has 1 saturated carbocycles. The molecule has 3 nitrogen and oxygen atoms in total. The van der Waals surface area contributed by atoms with E-state index in [-0.39, 0.29) is 17.6 Å². The van der Waals surface area contributed by atoms with Gasteiger partial charge in [0.15, 0.2) is 0 Å². The Balaban J connectivity index is 2.12. The van der Waals surface area contributed by atoms with Crippen molar-refractivity contribution in [3.05, 3.63) is 29.3 Å². The Bertz CT molecular complexity index is 511. The van der Waals surface area contributed by atoms with Gasteiger partial charge in [0.2, 0.25) is 0 Å². The predicted octanol–water partition coefficient (Wildman–Crippen LogP) is 3.26. The lowest BCUT2D eigenvalue weighted by atomic mass is 9.91. The van der Waals surface area contributed by atoms with E-state index in [1.807, 2.05) is 0 Å². The first kappa shape index (κ1) is 14.7. The second-order valence-electron chi connectivity index (χ2n) is 5.13. The summed E-state index contributed by atoms with van der Waals surface area (Å²) in [5, 5.41) is 12.0. The molecule has 0 saturated heterocycles. The fourth-order valence-electron chi connectivity index (χ4n) is 2.47. The molecule has 0 unspecified atom stereocenters. The van der Waals surface area contributed by atoms with Crippen LogP contribution in [-0.2, 0) is 6.18 Å². The summed E-state index contributed by atoms with van der Waals surface area (Å²) in [4.78, 5) is 0. The highest BCUT2D eigenvalue weighted by atomic mass is 19.4. The molecule has 20 heavy (non-hydrogen) atoms. The third-order valence-electron chi connectivity index (χ3n) is 3.59. The van der Waals surface area contributed by atoms with Gasteiger partial charge in [0, 0.05) is 17.8 Å². The van der Waals surface area contributed by atoms with Crippen molar-refractivity contribution in [3.8, 4) is 6.07 Å². The molecule has 2 rings (SSSR count). The Labute approximate surface area is 115 Å². The fourth-order valence-corrected chi connectivity index (χ4v) is 2.47. The van der Waals surface area contributed by atoms with Gasteiger partial charge in [0.1, 0.15) is 0 Å². The lowest BCUT2D eigenvalue weighted by Crippen LogP contribution is -2.32. The van der Waals surface area contributed by atoms with Crippen molar-refractivity contribution < 1.29 is 13.2 Å². The highest BCUT2D eigenvalue weighted by Gasteiger charge is 2.33. The average Bonchev–Trinajstić information content (AvgIpc) is 2.40. The summed E-state index contributed by atoms with van der Waals surface area (Å²) in [5.74, 6) is 0. The number of alkyl halides is 3. The number of hydrogen-bond acceptors (Lipinski definition) is 3. The van der Waals surface area contributed by atoms with E-state index in [4.69, 9.17) is 11.0 Å². The van der Waals surface area contributed by atoms with Crippen molar-refractivity contribution in [1.82, 2.24) is 0 Å². The molecular weight excluding hydrogens is 267 g/mol. The van der Waals surface area contributed by atoms with Crippen LogP contribution in [0, 0.1) is 11.3 Å². The first-order valence-electron chi connectivity index (χ1n) is 6.53. The molecule has 108 valence electrons. The van der Waals surface area contributed by atoms with Crippen molar-refractivity contribution in [1.29, 1.82) is 5.26 Å². The second kappa shape index (κ2) is 5.71. The maximum Gasteiger partial charge on any atom is 0.417 e. The molecule has 0 heterocycles. The fraction of sp³-hybridized carbons (Fsp3) is 0.500. The zero-order chi connectivity index (χ0) is 14.8. The number of nitrogens with two attached hydrogens (primary N) is 1. The molecule has 0 aliphatic heterocycles. The number of halogens is 3. The molecule has 1 aliphatic rings. The smallest absolute Gasteiger partial charge is 0.382 e. The first-order valence-corrected chi connectivity index (χ1v) is 6.53. The molecule has 0 aromatic heterocycles. The Morgan fingerprint density at radius 3 is 2.40 bits per heavy atom. The summed E-state index contributed by atoms with van der Waals surface area (Å²) >= 11 is 0. The van der Waals surface area contributed by atoms with Crippen molar-refractivity contribution in [2.75, 3.05) is 5.32 Å². The molecule has 1 aliphatic carbocycles. The Kier molecular flexibility index (Phi) is 4.19. The number of hydrogen-bond donors (Lipinski definition) is 2. The van der Waals surface area contributed by atoms with Gasteiger partial charge in [-0.2, -0.15) is 18.4 Å². The van der Waals surface area contributed by atoms with Crippen LogP contribution in [0.4, 0.5) is 18.9 Å². The zero-order valence-electron chi connectivity index (χ0n) is 10.9. The summed E-state index contributed by atoms with van der Waals surface area (Å²) < 4.78 is 38.0. The quantitative estimate of drug-likeness (QED) is 0.875. The molecule has 0 spiro atoms. The molecule has 0 radical (unpaired) electrons. The highest BCUT2D eigenvalue weighted by Crippen LogP contribution is 2.33. The lowest BCUT2D eigenvalue weighted by molar-refractivity contribution is -0.137. The summed E-state index contributed by atoms with van der Waals surface area (Å²) in [5.41, 5.74) is 5.11. The van der Waals surface area contributed by atoms with E-state index in [0.717, 1.165) is 31.7 Å². The lowest BCUT2D eigenvalue weighted by Gasteiger charge is -2.27. The number of rotatable bonds is 2. The van der Waals surface area contributed by atoms with Crippen LogP contribution in [0.5, 0.6) is 0 Å². The first-order chi connectivity index (χ1) is 9.40. The molecule has 0 atom stereocenters. The largest absolute Gasteiger partial charge is 0.417 e. The van der Waals surface area contributed by atoms with E-state index < -0.39 is 11.7 Å². The molecule has 0 amide bonds. The Morgan fingerprint density at radius 1 is 1.20 bits per heavy atom. The Morgan fingerprint density at radius 2 is 1.85 bits per heavy atom. The standard InChI is InChI=1S/C14H16F3N3/c15-14(16,17)13-6-5-12(7-9(13)8-18)20-11-3-1-10(19)2-4-11/h5-7,10-11,20H,1-4,19H2. The molecule has 1 aromatic carbocycles. The molecule has 1 fully saturated rings. The van der Waals surface area contributed by atoms with E-state index in [2.05, 4.69) is 5.32 Å². The van der Waals surface area contributed by atoms with Crippen molar-refractivity contribution in [2.45, 2.75) is 43.9 Å². The maximum atomic E-state index is 12.7. The Hall–Kier alpha value is -1.74. The van der Waals surface area contributed by atoms with Crippen molar-refractivity contribution >= 4 is 5.69 Å². The number of benzene rings is 1. The van der Waals surface area contributed by atoms with Gasteiger partial charge in [0.05, 0.1) is 17.2 Å². The monoisotopic (exact) mass is 283 g/mol. The van der Waals surface area contributed by atoms with Crippen molar-refractivity contribution in [3.63, 3.8) is 0 Å². The van der Waals surface area contributed by atoms with Gasteiger partial charge in [-0.25, -0.2) is 0 Å². The number of anilines is 1. The summed E-state index contributed by atoms with van der Waals surface area (Å²) in [7, 11) is 0. The van der Waals surface area contributed by atoms with Gasteiger partial charge < -0.3 is 11.1 Å². The third kappa shape index (κ3) is 3.42. The van der Waals surface area contributed by atoms with Gasteiger partial charge in [-0.05, 0) is 43.9 Å². The summed E-state index contributed by atoms with van der Waals surface area (Å²) in [6.07, 6.45) is -0.901. The molecule has 3 N–H and O–H groups in total. The van der Waals surface area contributed by atoms with E-state index in [1.54, 1.807) is 6.07 Å². The average molecular weight is 283 g/mol. The van der Waals surface area contributed by atoms with E-state index in [1.165, 1.54) is 12.1 Å². The van der Waals surface area contributed by atoms with Crippen LogP contribution in [0.15, 0.2) is 18.2 Å². The maximum absolute atomic E-state index is 12.7. The normalized spacial score (nSPS) is 23.1. The van der Waals surface area contributed by atoms with Crippen LogP contribution < -0.4 is 11.1 Å². The highest BCUT2D eigenvalue weighted by molar-refractivity contribution is 5.54. The number of nitrogens with zero attached hydrogens (tertiary/aromatic N) is 1. The van der Waals surface area contributed by atoms with E-state index >= 15 is 0 Å². The number of nitriles is 1. The van der Waals surface area contributed by atoms with Crippen LogP contribution in [0.2, 0.25) is 0 Å². The van der Waals surface area contributed by atoms with Crippen LogP contribution in [0.1, 0.15) is 36.8 Å². The zero-order valence-corrected chi connectivity index (χ0v) is 10.9. The summed E-state index contributed by atoms with van der Waals surface area (Å²) in [6.45, 7) is 0. The molecular formula is C14H16F3N3.